The maximum absolute atomic E-state index is 12.6. The minimum Gasteiger partial charge on any atom is -0.490 e. The van der Waals surface area contributed by atoms with Gasteiger partial charge in [-0.05, 0) is 29.3 Å². The van der Waals surface area contributed by atoms with Crippen LogP contribution in [-0.4, -0.2) is 47.7 Å². The summed E-state index contributed by atoms with van der Waals surface area (Å²) in [5.41, 5.74) is 2.10. The van der Waals surface area contributed by atoms with Crippen molar-refractivity contribution in [3.05, 3.63) is 77.9 Å². The molecule has 3 amide bonds. The Hall–Kier alpha value is -3.41. The standard InChI is InChI=1S/C22H22N2O4/c1-3-12-28-18-10-8-16(9-11-18)14-23(2)21(26)15-24-20(25)13-17-6-4-5-7-19(17)22(24)27/h3-11H,1,12-15H2,2H3. The van der Waals surface area contributed by atoms with Gasteiger partial charge in [0, 0.05) is 19.2 Å². The van der Waals surface area contributed by atoms with Crippen molar-refractivity contribution in [3.63, 3.8) is 0 Å². The second-order valence-corrected chi connectivity index (χ2v) is 6.61. The minimum absolute atomic E-state index is 0.130. The molecule has 0 unspecified atom stereocenters. The van der Waals surface area contributed by atoms with Crippen molar-refractivity contribution in [2.45, 2.75) is 13.0 Å². The fourth-order valence-corrected chi connectivity index (χ4v) is 3.02. The van der Waals surface area contributed by atoms with Crippen molar-refractivity contribution in [1.29, 1.82) is 0 Å². The summed E-state index contributed by atoms with van der Waals surface area (Å²) in [5.74, 6) is -0.347. The molecule has 0 saturated carbocycles. The van der Waals surface area contributed by atoms with Gasteiger partial charge in [-0.3, -0.25) is 19.3 Å². The molecule has 6 heteroatoms. The number of hydrogen-bond donors (Lipinski definition) is 0. The van der Waals surface area contributed by atoms with Crippen LogP contribution in [0.1, 0.15) is 21.5 Å². The van der Waals surface area contributed by atoms with Crippen LogP contribution in [0.15, 0.2) is 61.2 Å². The molecule has 0 N–H and O–H groups in total. The van der Waals surface area contributed by atoms with E-state index in [1.165, 1.54) is 4.90 Å². The number of fused-ring (bicyclic) bond motifs is 1. The molecule has 1 heterocycles. The highest BCUT2D eigenvalue weighted by atomic mass is 16.5. The van der Waals surface area contributed by atoms with Crippen molar-refractivity contribution in [3.8, 4) is 5.75 Å². The van der Waals surface area contributed by atoms with E-state index in [2.05, 4.69) is 6.58 Å². The van der Waals surface area contributed by atoms with E-state index in [0.29, 0.717) is 24.3 Å². The van der Waals surface area contributed by atoms with Crippen LogP contribution >= 0.6 is 0 Å². The average molecular weight is 378 g/mol. The van der Waals surface area contributed by atoms with Gasteiger partial charge in [0.1, 0.15) is 18.9 Å². The summed E-state index contributed by atoms with van der Waals surface area (Å²) in [6.45, 7) is 4.14. The fourth-order valence-electron chi connectivity index (χ4n) is 3.02. The van der Waals surface area contributed by atoms with Crippen LogP contribution in [0.2, 0.25) is 0 Å². The summed E-state index contributed by atoms with van der Waals surface area (Å²) in [6.07, 6.45) is 1.80. The van der Waals surface area contributed by atoms with Crippen molar-refractivity contribution in [1.82, 2.24) is 9.80 Å². The van der Waals surface area contributed by atoms with Gasteiger partial charge in [-0.2, -0.15) is 0 Å². The number of carbonyl (C=O) groups excluding carboxylic acids is 3. The molecule has 3 rings (SSSR count). The number of nitrogens with zero attached hydrogens (tertiary/aromatic N) is 2. The van der Waals surface area contributed by atoms with Gasteiger partial charge >= 0.3 is 0 Å². The van der Waals surface area contributed by atoms with E-state index in [1.807, 2.05) is 24.3 Å². The van der Waals surface area contributed by atoms with E-state index >= 15 is 0 Å². The molecule has 0 atom stereocenters. The Morgan fingerprint density at radius 2 is 1.89 bits per heavy atom. The predicted octanol–water partition coefficient (Wildman–Crippen LogP) is 2.43. The molecule has 144 valence electrons. The van der Waals surface area contributed by atoms with Gasteiger partial charge in [0.15, 0.2) is 0 Å². The van der Waals surface area contributed by atoms with Crippen LogP contribution in [0.3, 0.4) is 0 Å². The van der Waals surface area contributed by atoms with E-state index < -0.39 is 5.91 Å². The van der Waals surface area contributed by atoms with E-state index in [-0.39, 0.29) is 24.8 Å². The molecule has 0 spiro atoms. The average Bonchev–Trinajstić information content (AvgIpc) is 2.70. The lowest BCUT2D eigenvalue weighted by atomic mass is 9.98. The Balaban J connectivity index is 1.62. The maximum Gasteiger partial charge on any atom is 0.261 e. The van der Waals surface area contributed by atoms with Gasteiger partial charge in [-0.1, -0.05) is 43.0 Å². The summed E-state index contributed by atoms with van der Waals surface area (Å²) in [4.78, 5) is 40.0. The van der Waals surface area contributed by atoms with Crippen LogP contribution < -0.4 is 4.74 Å². The number of amides is 3. The smallest absolute Gasteiger partial charge is 0.261 e. The summed E-state index contributed by atoms with van der Waals surface area (Å²) in [5, 5.41) is 0. The number of likely N-dealkylation sites (N-methyl/N-ethyl adjacent to an activating group) is 1. The van der Waals surface area contributed by atoms with E-state index in [0.717, 1.165) is 16.2 Å². The van der Waals surface area contributed by atoms with E-state index in [4.69, 9.17) is 4.74 Å². The second-order valence-electron chi connectivity index (χ2n) is 6.61. The molecule has 2 aromatic rings. The molecular formula is C22H22N2O4. The third kappa shape index (κ3) is 4.28. The Bertz CT molecular complexity index is 905. The fraction of sp³-hybridized carbons (Fsp3) is 0.227. The Morgan fingerprint density at radius 1 is 1.18 bits per heavy atom. The largest absolute Gasteiger partial charge is 0.490 e. The lowest BCUT2D eigenvalue weighted by molar-refractivity contribution is -0.137. The minimum atomic E-state index is -0.419. The molecule has 2 aromatic carbocycles. The van der Waals surface area contributed by atoms with Gasteiger partial charge in [0.25, 0.3) is 5.91 Å². The van der Waals surface area contributed by atoms with E-state index in [9.17, 15) is 14.4 Å². The van der Waals surface area contributed by atoms with Crippen molar-refractivity contribution in [2.24, 2.45) is 0 Å². The van der Waals surface area contributed by atoms with Crippen molar-refractivity contribution >= 4 is 17.7 Å². The normalized spacial score (nSPS) is 13.1. The van der Waals surface area contributed by atoms with E-state index in [1.54, 1.807) is 37.4 Å². The molecule has 28 heavy (non-hydrogen) atoms. The number of hydrogen-bond acceptors (Lipinski definition) is 4. The van der Waals surface area contributed by atoms with Gasteiger partial charge in [0.2, 0.25) is 11.8 Å². The molecule has 0 aliphatic carbocycles. The zero-order chi connectivity index (χ0) is 20.1. The second kappa shape index (κ2) is 8.52. The van der Waals surface area contributed by atoms with Crippen molar-refractivity contribution in [2.75, 3.05) is 20.2 Å². The predicted molar refractivity (Wildman–Crippen MR) is 105 cm³/mol. The van der Waals surface area contributed by atoms with Crippen molar-refractivity contribution < 1.29 is 19.1 Å². The van der Waals surface area contributed by atoms with Gasteiger partial charge in [-0.25, -0.2) is 0 Å². The zero-order valence-corrected chi connectivity index (χ0v) is 15.8. The highest BCUT2D eigenvalue weighted by Gasteiger charge is 2.32. The molecular weight excluding hydrogens is 356 g/mol. The number of rotatable bonds is 7. The number of imide groups is 1. The van der Waals surface area contributed by atoms with Crippen LogP contribution in [0.4, 0.5) is 0 Å². The third-order valence-corrected chi connectivity index (χ3v) is 4.57. The number of ether oxygens (including phenoxy) is 1. The van der Waals surface area contributed by atoms with Crippen LogP contribution in [0, 0.1) is 0 Å². The first kappa shape index (κ1) is 19.4. The first-order valence-corrected chi connectivity index (χ1v) is 8.99. The quantitative estimate of drug-likeness (QED) is 0.548. The first-order chi connectivity index (χ1) is 13.5. The maximum atomic E-state index is 12.6. The summed E-state index contributed by atoms with van der Waals surface area (Å²) in [7, 11) is 1.65. The molecule has 1 aliphatic heterocycles. The molecule has 0 saturated heterocycles. The van der Waals surface area contributed by atoms with Crippen LogP contribution in [-0.2, 0) is 22.6 Å². The van der Waals surface area contributed by atoms with Crippen LogP contribution in [0.25, 0.3) is 0 Å². The lowest BCUT2D eigenvalue weighted by Gasteiger charge is -2.28. The van der Waals surface area contributed by atoms with Gasteiger partial charge in [-0.15, -0.1) is 0 Å². The van der Waals surface area contributed by atoms with Crippen LogP contribution in [0.5, 0.6) is 5.75 Å². The Labute approximate surface area is 164 Å². The summed E-state index contributed by atoms with van der Waals surface area (Å²) in [6, 6.07) is 14.4. The first-order valence-electron chi connectivity index (χ1n) is 8.99. The molecule has 6 nitrogen and oxygen atoms in total. The van der Waals surface area contributed by atoms with Gasteiger partial charge < -0.3 is 9.64 Å². The molecule has 0 fully saturated rings. The molecule has 0 radical (unpaired) electrons. The highest BCUT2D eigenvalue weighted by molar-refractivity contribution is 6.11. The molecule has 1 aliphatic rings. The topological polar surface area (TPSA) is 66.9 Å². The Kier molecular flexibility index (Phi) is 5.89. The molecule has 0 bridgehead atoms. The Morgan fingerprint density at radius 3 is 2.61 bits per heavy atom. The zero-order valence-electron chi connectivity index (χ0n) is 15.8. The lowest BCUT2D eigenvalue weighted by Crippen LogP contribution is -2.47. The summed E-state index contributed by atoms with van der Waals surface area (Å²) >= 11 is 0. The summed E-state index contributed by atoms with van der Waals surface area (Å²) < 4.78 is 5.44. The highest BCUT2D eigenvalue weighted by Crippen LogP contribution is 2.20. The monoisotopic (exact) mass is 378 g/mol. The SMILES string of the molecule is C=CCOc1ccc(CN(C)C(=O)CN2C(=O)Cc3ccccc3C2=O)cc1. The number of carbonyl (C=O) groups is 3. The third-order valence-electron chi connectivity index (χ3n) is 4.57. The van der Waals surface area contributed by atoms with Gasteiger partial charge in [0.05, 0.1) is 6.42 Å². The number of benzene rings is 2. The molecule has 0 aromatic heterocycles.